The predicted molar refractivity (Wildman–Crippen MR) is 66.7 cm³/mol. The van der Waals surface area contributed by atoms with Crippen molar-refractivity contribution in [3.05, 3.63) is 29.8 Å². The summed E-state index contributed by atoms with van der Waals surface area (Å²) in [6.45, 7) is -4.08. The lowest BCUT2D eigenvalue weighted by molar-refractivity contribution is -0.175. The van der Waals surface area contributed by atoms with E-state index in [1.165, 1.54) is 24.3 Å². The maximum absolute atomic E-state index is 12.1. The molecule has 0 atom stereocenters. The molecule has 23 heavy (non-hydrogen) atoms. The van der Waals surface area contributed by atoms with E-state index in [4.69, 9.17) is 0 Å². The summed E-state index contributed by atoms with van der Waals surface area (Å²) in [5, 5.41) is 2.23. The molecule has 0 heterocycles. The van der Waals surface area contributed by atoms with Crippen molar-refractivity contribution in [3.8, 4) is 5.75 Å². The van der Waals surface area contributed by atoms with E-state index in [2.05, 4.69) is 14.8 Å². The average Bonchev–Trinajstić information content (AvgIpc) is 2.41. The lowest BCUT2D eigenvalue weighted by Gasteiger charge is -2.13. The molecule has 0 fully saturated rings. The number of amides is 1. The van der Waals surface area contributed by atoms with Crippen LogP contribution in [-0.4, -0.2) is 38.1 Å². The number of carbonyl (C=O) groups is 1. The Bertz CT molecular complexity index is 515. The van der Waals surface area contributed by atoms with E-state index in [1.54, 1.807) is 0 Å². The van der Waals surface area contributed by atoms with Crippen molar-refractivity contribution in [2.75, 3.05) is 19.8 Å². The van der Waals surface area contributed by atoms with Gasteiger partial charge in [-0.2, -0.15) is 26.3 Å². The molecule has 0 aliphatic heterocycles. The van der Waals surface area contributed by atoms with Crippen molar-refractivity contribution in [1.29, 1.82) is 0 Å². The Balaban J connectivity index is 2.46. The van der Waals surface area contributed by atoms with Crippen molar-refractivity contribution >= 4 is 5.91 Å². The Kier molecular flexibility index (Phi) is 6.67. The van der Waals surface area contributed by atoms with Crippen LogP contribution in [0.2, 0.25) is 0 Å². The lowest BCUT2D eigenvalue weighted by atomic mass is 10.2. The number of benzene rings is 1. The summed E-state index contributed by atoms with van der Waals surface area (Å²) < 4.78 is 80.6. The molecule has 1 N–H and O–H groups in total. The van der Waals surface area contributed by atoms with Gasteiger partial charge in [0.15, 0.2) is 6.61 Å². The van der Waals surface area contributed by atoms with Crippen molar-refractivity contribution < 1.29 is 40.6 Å². The molecule has 1 aromatic rings. The number of ether oxygens (including phenoxy) is 2. The van der Waals surface area contributed by atoms with Gasteiger partial charge in [0.25, 0.3) is 0 Å². The molecule has 4 nitrogen and oxygen atoms in total. The lowest BCUT2D eigenvalue weighted by Crippen LogP contribution is -2.29. The summed E-state index contributed by atoms with van der Waals surface area (Å²) in [4.78, 5) is 11.3. The summed E-state index contributed by atoms with van der Waals surface area (Å²) in [6.07, 6.45) is -9.06. The van der Waals surface area contributed by atoms with Gasteiger partial charge in [-0.1, -0.05) is 18.2 Å². The highest BCUT2D eigenvalue weighted by molar-refractivity contribution is 5.77. The van der Waals surface area contributed by atoms with Crippen LogP contribution in [0.1, 0.15) is 5.56 Å². The fraction of sp³-hybridized carbons (Fsp3) is 0.462. The highest BCUT2D eigenvalue weighted by Crippen LogP contribution is 2.22. The Hall–Kier alpha value is -1.97. The highest BCUT2D eigenvalue weighted by Gasteiger charge is 2.29. The first-order chi connectivity index (χ1) is 10.6. The molecule has 0 spiro atoms. The molecule has 0 aliphatic carbocycles. The molecule has 0 radical (unpaired) electrons. The molecular weight excluding hydrogens is 332 g/mol. The molecule has 0 aliphatic rings. The summed E-state index contributed by atoms with van der Waals surface area (Å²) in [5.41, 5.74) is 0.251. The first kappa shape index (κ1) is 19.1. The number of hydrogen-bond donors (Lipinski definition) is 1. The minimum atomic E-state index is -4.54. The monoisotopic (exact) mass is 345 g/mol. The molecule has 0 unspecified atom stereocenters. The minimum Gasteiger partial charge on any atom is -0.484 e. The Labute approximate surface area is 127 Å². The zero-order valence-electron chi connectivity index (χ0n) is 11.6. The molecule has 0 saturated carbocycles. The minimum absolute atomic E-state index is 0.0821. The van der Waals surface area contributed by atoms with Gasteiger partial charge in [-0.3, -0.25) is 4.79 Å². The van der Waals surface area contributed by atoms with Gasteiger partial charge < -0.3 is 14.8 Å². The summed E-state index contributed by atoms with van der Waals surface area (Å²) in [6, 6.07) is 5.67. The molecule has 0 saturated heterocycles. The number of carbonyl (C=O) groups excluding carboxylic acids is 1. The molecule has 10 heteroatoms. The topological polar surface area (TPSA) is 47.6 Å². The SMILES string of the molecule is O=C(COCC(F)(F)F)NCc1ccccc1OCC(F)(F)F. The van der Waals surface area contributed by atoms with Gasteiger partial charge in [0.1, 0.15) is 19.0 Å². The van der Waals surface area contributed by atoms with Crippen LogP contribution in [0.5, 0.6) is 5.75 Å². The van der Waals surface area contributed by atoms with Gasteiger partial charge in [-0.15, -0.1) is 0 Å². The molecule has 1 aromatic carbocycles. The van der Waals surface area contributed by atoms with Crippen molar-refractivity contribution in [2.45, 2.75) is 18.9 Å². The summed E-state index contributed by atoms with van der Waals surface area (Å²) in [7, 11) is 0. The number of nitrogens with one attached hydrogen (secondary N) is 1. The Morgan fingerprint density at radius 2 is 1.61 bits per heavy atom. The van der Waals surface area contributed by atoms with Gasteiger partial charge >= 0.3 is 12.4 Å². The Morgan fingerprint density at radius 3 is 2.22 bits per heavy atom. The number of halogens is 6. The number of para-hydroxylation sites is 1. The van der Waals surface area contributed by atoms with E-state index in [1.807, 2.05) is 0 Å². The van der Waals surface area contributed by atoms with Crippen LogP contribution >= 0.6 is 0 Å². The van der Waals surface area contributed by atoms with Crippen LogP contribution in [-0.2, 0) is 16.1 Å². The number of alkyl halides is 6. The van der Waals surface area contributed by atoms with Gasteiger partial charge in [0.2, 0.25) is 5.91 Å². The van der Waals surface area contributed by atoms with Gasteiger partial charge in [0.05, 0.1) is 0 Å². The number of hydrogen-bond acceptors (Lipinski definition) is 3. The van der Waals surface area contributed by atoms with E-state index in [-0.39, 0.29) is 17.9 Å². The van der Waals surface area contributed by atoms with Crippen molar-refractivity contribution in [3.63, 3.8) is 0 Å². The van der Waals surface area contributed by atoms with Gasteiger partial charge in [-0.25, -0.2) is 0 Å². The van der Waals surface area contributed by atoms with Crippen LogP contribution in [0.25, 0.3) is 0 Å². The second-order valence-corrected chi connectivity index (χ2v) is 4.40. The molecule has 0 bridgehead atoms. The molecule has 130 valence electrons. The van der Waals surface area contributed by atoms with Crippen molar-refractivity contribution in [1.82, 2.24) is 5.32 Å². The average molecular weight is 345 g/mol. The van der Waals surface area contributed by atoms with Crippen LogP contribution in [0.3, 0.4) is 0 Å². The van der Waals surface area contributed by atoms with E-state index in [0.717, 1.165) is 0 Å². The Morgan fingerprint density at radius 1 is 1.00 bits per heavy atom. The molecule has 0 aromatic heterocycles. The van der Waals surface area contributed by atoms with Gasteiger partial charge in [0, 0.05) is 12.1 Å². The number of rotatable bonds is 7. The highest BCUT2D eigenvalue weighted by atomic mass is 19.4. The van der Waals surface area contributed by atoms with E-state index in [0.29, 0.717) is 0 Å². The van der Waals surface area contributed by atoms with E-state index in [9.17, 15) is 31.1 Å². The first-order valence-electron chi connectivity index (χ1n) is 6.25. The van der Waals surface area contributed by atoms with Gasteiger partial charge in [-0.05, 0) is 6.07 Å². The standard InChI is InChI=1S/C13H13F6NO3/c14-12(15,16)7-22-6-11(21)20-5-9-3-1-2-4-10(9)23-8-13(17,18)19/h1-4H,5-8H2,(H,20,21). The normalized spacial score (nSPS) is 12.1. The second-order valence-electron chi connectivity index (χ2n) is 4.40. The second kappa shape index (κ2) is 8.04. The maximum Gasteiger partial charge on any atom is 0.422 e. The van der Waals surface area contributed by atoms with Crippen LogP contribution < -0.4 is 10.1 Å². The summed E-state index contributed by atoms with van der Waals surface area (Å²) in [5.74, 6) is -0.916. The van der Waals surface area contributed by atoms with Crippen LogP contribution in [0.4, 0.5) is 26.3 Å². The molecule has 1 amide bonds. The quantitative estimate of drug-likeness (QED) is 0.773. The smallest absolute Gasteiger partial charge is 0.422 e. The fourth-order valence-corrected chi connectivity index (χ4v) is 1.45. The summed E-state index contributed by atoms with van der Waals surface area (Å²) >= 11 is 0. The third-order valence-electron chi connectivity index (χ3n) is 2.34. The zero-order chi connectivity index (χ0) is 17.5. The molecular formula is C13H13F6NO3. The zero-order valence-corrected chi connectivity index (χ0v) is 11.6. The largest absolute Gasteiger partial charge is 0.484 e. The first-order valence-corrected chi connectivity index (χ1v) is 6.25. The third-order valence-corrected chi connectivity index (χ3v) is 2.34. The molecule has 1 rings (SSSR count). The van der Waals surface area contributed by atoms with E-state index < -0.39 is 38.1 Å². The van der Waals surface area contributed by atoms with Crippen molar-refractivity contribution in [2.24, 2.45) is 0 Å². The maximum atomic E-state index is 12.1. The van der Waals surface area contributed by atoms with Crippen LogP contribution in [0.15, 0.2) is 24.3 Å². The predicted octanol–water partition coefficient (Wildman–Crippen LogP) is 2.82. The van der Waals surface area contributed by atoms with Crippen LogP contribution in [0, 0.1) is 0 Å². The van der Waals surface area contributed by atoms with E-state index >= 15 is 0 Å². The fourth-order valence-electron chi connectivity index (χ4n) is 1.45. The third kappa shape index (κ3) is 8.91.